The topological polar surface area (TPSA) is 21.7 Å². The number of nitrogens with zero attached hydrogens (tertiary/aromatic N) is 3. The second kappa shape index (κ2) is 3.22. The summed E-state index contributed by atoms with van der Waals surface area (Å²) in [5.41, 5.74) is 2.58. The predicted molar refractivity (Wildman–Crippen MR) is 76.1 cm³/mol. The van der Waals surface area contributed by atoms with E-state index in [-0.39, 0.29) is 0 Å². The zero-order valence-corrected chi connectivity index (χ0v) is 10.9. The summed E-state index contributed by atoms with van der Waals surface area (Å²) in [6.07, 6.45) is 6.09. The van der Waals surface area contributed by atoms with Gasteiger partial charge in [0.2, 0.25) is 12.2 Å². The largest absolute Gasteiger partial charge is 0.274 e. The average Bonchev–Trinajstić information content (AvgIpc) is 2.99. The average molecular weight is 264 g/mol. The van der Waals surface area contributed by atoms with E-state index < -0.39 is 0 Å². The van der Waals surface area contributed by atoms with Crippen LogP contribution in [0.4, 0.5) is 0 Å². The van der Waals surface area contributed by atoms with Crippen LogP contribution in [0.25, 0.3) is 31.7 Å². The molecule has 3 nitrogen and oxygen atoms in total. The summed E-state index contributed by atoms with van der Waals surface area (Å²) in [4.78, 5) is 4.55. The highest BCUT2D eigenvalue weighted by Gasteiger charge is 2.24. The molecule has 0 unspecified atom stereocenters. The van der Waals surface area contributed by atoms with Gasteiger partial charge in [0.15, 0.2) is 6.20 Å². The SMILES string of the molecule is c1cc2c3c(c1)sc1ccc[n+](c13)Cn1ccnc1-2. The smallest absolute Gasteiger partial charge is 0.233 e. The highest BCUT2D eigenvalue weighted by Crippen LogP contribution is 2.38. The predicted octanol–water partition coefficient (Wildman–Crippen LogP) is 3.02. The number of benzene rings is 1. The van der Waals surface area contributed by atoms with Gasteiger partial charge in [0, 0.05) is 28.7 Å². The molecule has 0 fully saturated rings. The minimum absolute atomic E-state index is 0.827. The van der Waals surface area contributed by atoms with Crippen LogP contribution in [-0.4, -0.2) is 9.55 Å². The fourth-order valence-corrected chi connectivity index (χ4v) is 4.15. The first-order valence-electron chi connectivity index (χ1n) is 6.27. The number of fused-ring (bicyclic) bond motifs is 2. The third kappa shape index (κ3) is 1.12. The lowest BCUT2D eigenvalue weighted by Crippen LogP contribution is -2.36. The van der Waals surface area contributed by atoms with Gasteiger partial charge in [-0.3, -0.25) is 4.57 Å². The van der Waals surface area contributed by atoms with Crippen LogP contribution in [0.15, 0.2) is 48.9 Å². The van der Waals surface area contributed by atoms with Gasteiger partial charge in [-0.1, -0.05) is 12.1 Å². The quantitative estimate of drug-likeness (QED) is 0.394. The van der Waals surface area contributed by atoms with Gasteiger partial charge < -0.3 is 0 Å². The maximum Gasteiger partial charge on any atom is 0.233 e. The standard InChI is InChI=1S/C15H10N3S/c1-3-10-13-11(4-1)19-12-5-2-7-17(14(12)13)9-18-8-6-16-15(10)18/h1-8H,9H2/q+1. The fraction of sp³-hybridized carbons (Fsp3) is 0.0667. The first-order chi connectivity index (χ1) is 9.42. The van der Waals surface area contributed by atoms with E-state index in [0.717, 1.165) is 12.5 Å². The molecule has 1 aliphatic heterocycles. The van der Waals surface area contributed by atoms with Gasteiger partial charge in [0.05, 0.1) is 5.39 Å². The van der Waals surface area contributed by atoms with Crippen molar-refractivity contribution in [1.29, 1.82) is 0 Å². The monoisotopic (exact) mass is 264 g/mol. The number of thiophene rings is 1. The Bertz CT molecular complexity index is 949. The lowest BCUT2D eigenvalue weighted by atomic mass is 10.1. The zero-order chi connectivity index (χ0) is 12.4. The summed E-state index contributed by atoms with van der Waals surface area (Å²) in [5.74, 6) is 1.06. The van der Waals surface area contributed by atoms with Crippen molar-refractivity contribution in [3.63, 3.8) is 0 Å². The van der Waals surface area contributed by atoms with Crippen LogP contribution in [-0.2, 0) is 6.67 Å². The normalized spacial score (nSPS) is 13.1. The molecule has 0 saturated carbocycles. The van der Waals surface area contributed by atoms with Crippen molar-refractivity contribution < 1.29 is 4.57 Å². The highest BCUT2D eigenvalue weighted by atomic mass is 32.1. The van der Waals surface area contributed by atoms with Gasteiger partial charge in [-0.2, -0.15) is 4.57 Å². The van der Waals surface area contributed by atoms with Crippen LogP contribution in [0.2, 0.25) is 0 Å². The van der Waals surface area contributed by atoms with Crippen LogP contribution >= 0.6 is 11.3 Å². The Labute approximate surface area is 113 Å². The molecule has 0 aliphatic carbocycles. The first-order valence-corrected chi connectivity index (χ1v) is 7.09. The Morgan fingerprint density at radius 3 is 3.11 bits per heavy atom. The maximum absolute atomic E-state index is 4.55. The molecule has 0 saturated heterocycles. The Balaban J connectivity index is 2.14. The van der Waals surface area contributed by atoms with E-state index in [1.54, 1.807) is 0 Å². The molecule has 19 heavy (non-hydrogen) atoms. The number of imidazole rings is 1. The molecule has 1 aliphatic rings. The Hall–Kier alpha value is -2.20. The Morgan fingerprint density at radius 1 is 1.16 bits per heavy atom. The van der Waals surface area contributed by atoms with E-state index in [1.807, 2.05) is 17.5 Å². The molecule has 0 atom stereocenters. The van der Waals surface area contributed by atoms with Crippen LogP contribution in [0, 0.1) is 0 Å². The number of aromatic nitrogens is 3. The second-order valence-corrected chi connectivity index (χ2v) is 5.92. The molecule has 0 N–H and O–H groups in total. The van der Waals surface area contributed by atoms with E-state index in [2.05, 4.69) is 56.8 Å². The molecule has 3 aromatic heterocycles. The molecule has 4 heteroatoms. The van der Waals surface area contributed by atoms with Crippen LogP contribution in [0.3, 0.4) is 0 Å². The molecular formula is C15H10N3S+. The van der Waals surface area contributed by atoms with E-state index in [9.17, 15) is 0 Å². The van der Waals surface area contributed by atoms with E-state index >= 15 is 0 Å². The molecule has 0 bridgehead atoms. The number of hydrogen-bond donors (Lipinski definition) is 0. The van der Waals surface area contributed by atoms with E-state index in [1.165, 1.54) is 25.9 Å². The summed E-state index contributed by atoms with van der Waals surface area (Å²) >= 11 is 1.86. The number of hydrogen-bond acceptors (Lipinski definition) is 2. The summed E-state index contributed by atoms with van der Waals surface area (Å²) in [6, 6.07) is 10.8. The van der Waals surface area contributed by atoms with Gasteiger partial charge in [-0.05, 0) is 12.1 Å². The van der Waals surface area contributed by atoms with Crippen molar-refractivity contribution in [2.45, 2.75) is 6.67 Å². The molecule has 90 valence electrons. The lowest BCUT2D eigenvalue weighted by molar-refractivity contribution is -0.674. The number of rotatable bonds is 0. The van der Waals surface area contributed by atoms with Gasteiger partial charge in [0.1, 0.15) is 10.5 Å². The van der Waals surface area contributed by atoms with Gasteiger partial charge in [0.25, 0.3) is 0 Å². The maximum atomic E-state index is 4.55. The van der Waals surface area contributed by atoms with Crippen LogP contribution in [0.5, 0.6) is 0 Å². The minimum Gasteiger partial charge on any atom is -0.274 e. The highest BCUT2D eigenvalue weighted by molar-refractivity contribution is 7.25. The number of pyridine rings is 1. The molecule has 0 amide bonds. The molecule has 4 aromatic rings. The lowest BCUT2D eigenvalue weighted by Gasteiger charge is -2.01. The summed E-state index contributed by atoms with van der Waals surface area (Å²) < 4.78 is 7.20. The third-order valence-corrected chi connectivity index (χ3v) is 4.89. The van der Waals surface area contributed by atoms with Crippen molar-refractivity contribution in [3.8, 4) is 11.4 Å². The van der Waals surface area contributed by atoms with E-state index in [0.29, 0.717) is 0 Å². The van der Waals surface area contributed by atoms with Crippen molar-refractivity contribution in [1.82, 2.24) is 9.55 Å². The molecule has 1 aromatic carbocycles. The summed E-state index contributed by atoms with van der Waals surface area (Å²) in [5, 5.41) is 1.34. The molecular weight excluding hydrogens is 254 g/mol. The summed E-state index contributed by atoms with van der Waals surface area (Å²) in [6.45, 7) is 0.827. The van der Waals surface area contributed by atoms with Crippen molar-refractivity contribution in [2.75, 3.05) is 0 Å². The van der Waals surface area contributed by atoms with Gasteiger partial charge in [-0.25, -0.2) is 4.98 Å². The third-order valence-electron chi connectivity index (χ3n) is 3.78. The Kier molecular flexibility index (Phi) is 1.64. The fourth-order valence-electron chi connectivity index (χ4n) is 2.99. The minimum atomic E-state index is 0.827. The molecule has 5 rings (SSSR count). The first kappa shape index (κ1) is 9.69. The summed E-state index contributed by atoms with van der Waals surface area (Å²) in [7, 11) is 0. The van der Waals surface area contributed by atoms with Crippen LogP contribution < -0.4 is 4.57 Å². The van der Waals surface area contributed by atoms with Gasteiger partial charge >= 0.3 is 0 Å². The Morgan fingerprint density at radius 2 is 2.11 bits per heavy atom. The van der Waals surface area contributed by atoms with E-state index in [4.69, 9.17) is 0 Å². The second-order valence-electron chi connectivity index (χ2n) is 4.83. The van der Waals surface area contributed by atoms with Crippen molar-refractivity contribution >= 4 is 31.6 Å². The molecule has 0 radical (unpaired) electrons. The molecule has 0 spiro atoms. The van der Waals surface area contributed by atoms with Gasteiger partial charge in [-0.15, -0.1) is 11.3 Å². The van der Waals surface area contributed by atoms with Crippen molar-refractivity contribution in [2.24, 2.45) is 0 Å². The molecule has 4 heterocycles. The van der Waals surface area contributed by atoms with Crippen molar-refractivity contribution in [3.05, 3.63) is 48.9 Å². The van der Waals surface area contributed by atoms with Crippen LogP contribution in [0.1, 0.15) is 0 Å². The zero-order valence-electron chi connectivity index (χ0n) is 10.1.